The zero-order valence-corrected chi connectivity index (χ0v) is 17.3. The average Bonchev–Trinajstić information content (AvgIpc) is 3.63. The number of carboxylic acids is 1. The van der Waals surface area contributed by atoms with Gasteiger partial charge in [-0.15, -0.1) is 0 Å². The molecule has 9 heteroatoms. The number of aromatic nitrogens is 1. The summed E-state index contributed by atoms with van der Waals surface area (Å²) in [6.07, 6.45) is 4.15. The highest BCUT2D eigenvalue weighted by molar-refractivity contribution is 6.01. The van der Waals surface area contributed by atoms with Crippen molar-refractivity contribution in [2.24, 2.45) is 5.92 Å². The maximum Gasteiger partial charge on any atom is 0.341 e. The maximum atomic E-state index is 15.5. The molecule has 1 aromatic heterocycles. The quantitative estimate of drug-likeness (QED) is 0.607. The van der Waals surface area contributed by atoms with Gasteiger partial charge in [0.1, 0.15) is 11.7 Å². The fourth-order valence-electron chi connectivity index (χ4n) is 4.76. The van der Waals surface area contributed by atoms with E-state index in [2.05, 4.69) is 5.32 Å². The lowest BCUT2D eigenvalue weighted by atomic mass is 10.0. The van der Waals surface area contributed by atoms with Crippen LogP contribution in [0.1, 0.15) is 47.6 Å². The van der Waals surface area contributed by atoms with Crippen LogP contribution in [0, 0.1) is 18.7 Å². The van der Waals surface area contributed by atoms with Gasteiger partial charge < -0.3 is 25.6 Å². The first-order chi connectivity index (χ1) is 14.8. The second-order valence-electron chi connectivity index (χ2n) is 9.10. The Bertz CT molecular complexity index is 1140. The highest BCUT2D eigenvalue weighted by atomic mass is 19.1. The zero-order chi connectivity index (χ0) is 22.0. The summed E-state index contributed by atoms with van der Waals surface area (Å²) >= 11 is 0. The lowest BCUT2D eigenvalue weighted by molar-refractivity contribution is 0.0695. The van der Waals surface area contributed by atoms with Gasteiger partial charge in [-0.3, -0.25) is 4.79 Å². The molecule has 3 fully saturated rings. The number of nitrogen functional groups attached to an aromatic ring is 1. The van der Waals surface area contributed by atoms with Crippen molar-refractivity contribution in [2.75, 3.05) is 30.3 Å². The molecule has 0 radical (unpaired) electrons. The Morgan fingerprint density at radius 2 is 2.00 bits per heavy atom. The van der Waals surface area contributed by atoms with Crippen LogP contribution < -0.4 is 21.4 Å². The summed E-state index contributed by atoms with van der Waals surface area (Å²) in [5.74, 6) is -2.40. The van der Waals surface area contributed by atoms with Crippen molar-refractivity contribution in [3.8, 4) is 0 Å². The summed E-state index contributed by atoms with van der Waals surface area (Å²) in [7, 11) is 0. The molecule has 31 heavy (non-hydrogen) atoms. The van der Waals surface area contributed by atoms with Crippen LogP contribution in [-0.4, -0.2) is 47.5 Å². The zero-order valence-electron chi connectivity index (χ0n) is 17.3. The second kappa shape index (κ2) is 7.19. The standard InChI is InChI=1S/C22H26F2N4O3/c1-10-19-16(21(29)14(22(30)31)8-28(19)13-4-5-13)18(25)17(24)20(10)27-7-11(15(23)9-27)6-26-12-2-3-12/h8,11-13,15,26H,2-7,9,25H2,1H3,(H,30,31). The van der Waals surface area contributed by atoms with Gasteiger partial charge in [0.15, 0.2) is 5.82 Å². The van der Waals surface area contributed by atoms with Crippen molar-refractivity contribution < 1.29 is 18.7 Å². The van der Waals surface area contributed by atoms with Crippen molar-refractivity contribution in [1.82, 2.24) is 9.88 Å². The van der Waals surface area contributed by atoms with Gasteiger partial charge in [-0.2, -0.15) is 0 Å². The Morgan fingerprint density at radius 1 is 1.29 bits per heavy atom. The Balaban J connectivity index is 1.63. The van der Waals surface area contributed by atoms with E-state index in [9.17, 15) is 19.1 Å². The molecule has 2 atom stereocenters. The lowest BCUT2D eigenvalue weighted by Gasteiger charge is -2.25. The van der Waals surface area contributed by atoms with Crippen LogP contribution >= 0.6 is 0 Å². The second-order valence-corrected chi connectivity index (χ2v) is 9.10. The van der Waals surface area contributed by atoms with Crippen LogP contribution in [0.3, 0.4) is 0 Å². The molecule has 0 spiro atoms. The average molecular weight is 432 g/mol. The molecule has 0 amide bonds. The van der Waals surface area contributed by atoms with E-state index in [0.29, 0.717) is 30.2 Å². The lowest BCUT2D eigenvalue weighted by Crippen LogP contribution is -2.30. The van der Waals surface area contributed by atoms with Crippen LogP contribution in [0.25, 0.3) is 10.9 Å². The van der Waals surface area contributed by atoms with E-state index < -0.39 is 29.0 Å². The van der Waals surface area contributed by atoms with Crippen molar-refractivity contribution in [1.29, 1.82) is 0 Å². The number of hydrogen-bond acceptors (Lipinski definition) is 5. The number of pyridine rings is 1. The largest absolute Gasteiger partial charge is 0.477 e. The van der Waals surface area contributed by atoms with Gasteiger partial charge in [-0.05, 0) is 38.2 Å². The normalized spacial score (nSPS) is 23.6. The first kappa shape index (κ1) is 20.2. The smallest absolute Gasteiger partial charge is 0.341 e. The minimum Gasteiger partial charge on any atom is -0.477 e. The number of benzene rings is 1. The number of nitrogens with two attached hydrogens (primary N) is 1. The van der Waals surface area contributed by atoms with Gasteiger partial charge >= 0.3 is 5.97 Å². The molecular formula is C22H26F2N4O3. The number of carbonyl (C=O) groups is 1. The Kier molecular flexibility index (Phi) is 4.69. The van der Waals surface area contributed by atoms with Crippen molar-refractivity contribution in [3.05, 3.63) is 33.4 Å². The predicted molar refractivity (Wildman–Crippen MR) is 114 cm³/mol. The summed E-state index contributed by atoms with van der Waals surface area (Å²) in [4.78, 5) is 26.1. The topological polar surface area (TPSA) is 101 Å². The highest BCUT2D eigenvalue weighted by Gasteiger charge is 2.38. The molecule has 2 aromatic rings. The first-order valence-electron chi connectivity index (χ1n) is 10.8. The van der Waals surface area contributed by atoms with Gasteiger partial charge in [0.25, 0.3) is 0 Å². The SMILES string of the molecule is Cc1c(N2CC(F)C(CNC3CC3)C2)c(F)c(N)c2c(=O)c(C(=O)O)cn(C3CC3)c12. The molecule has 2 unspecified atom stereocenters. The molecule has 0 bridgehead atoms. The van der Waals surface area contributed by atoms with E-state index in [4.69, 9.17) is 5.73 Å². The number of nitrogens with zero attached hydrogens (tertiary/aromatic N) is 2. The van der Waals surface area contributed by atoms with Gasteiger partial charge in [-0.25, -0.2) is 13.6 Å². The molecule has 2 aliphatic carbocycles. The van der Waals surface area contributed by atoms with E-state index in [1.807, 2.05) is 0 Å². The van der Waals surface area contributed by atoms with Crippen LogP contribution in [0.4, 0.5) is 20.2 Å². The molecule has 166 valence electrons. The third kappa shape index (κ3) is 3.35. The number of hydrogen-bond donors (Lipinski definition) is 3. The number of aromatic carboxylic acids is 1. The third-order valence-electron chi connectivity index (χ3n) is 6.75. The van der Waals surface area contributed by atoms with E-state index in [0.717, 1.165) is 25.7 Å². The van der Waals surface area contributed by atoms with Crippen LogP contribution in [-0.2, 0) is 0 Å². The number of alkyl halides is 1. The van der Waals surface area contributed by atoms with E-state index in [-0.39, 0.29) is 35.3 Å². The van der Waals surface area contributed by atoms with Crippen molar-refractivity contribution >= 4 is 28.2 Å². The molecule has 4 N–H and O–H groups in total. The summed E-state index contributed by atoms with van der Waals surface area (Å²) in [5, 5.41) is 12.7. The number of nitrogens with one attached hydrogen (secondary N) is 1. The summed E-state index contributed by atoms with van der Waals surface area (Å²) in [5.41, 5.74) is 5.64. The minimum absolute atomic E-state index is 0.0422. The first-order valence-corrected chi connectivity index (χ1v) is 10.8. The molecule has 5 rings (SSSR count). The van der Waals surface area contributed by atoms with Gasteiger partial charge in [0, 0.05) is 43.8 Å². The number of carboxylic acid groups (broad SMARTS) is 1. The van der Waals surface area contributed by atoms with Crippen LogP contribution in [0.15, 0.2) is 11.0 Å². The molecule has 1 aromatic carbocycles. The number of fused-ring (bicyclic) bond motifs is 1. The third-order valence-corrected chi connectivity index (χ3v) is 6.75. The molecule has 2 saturated carbocycles. The Hall–Kier alpha value is -2.68. The molecule has 1 aliphatic heterocycles. The van der Waals surface area contributed by atoms with Crippen molar-refractivity contribution in [2.45, 2.75) is 50.9 Å². The van der Waals surface area contributed by atoms with E-state index >= 15 is 4.39 Å². The molecule has 7 nitrogen and oxygen atoms in total. The highest BCUT2D eigenvalue weighted by Crippen LogP contribution is 2.43. The van der Waals surface area contributed by atoms with E-state index in [1.54, 1.807) is 16.4 Å². The van der Waals surface area contributed by atoms with E-state index in [1.165, 1.54) is 6.20 Å². The maximum absolute atomic E-state index is 15.5. The van der Waals surface area contributed by atoms with Gasteiger partial charge in [0.05, 0.1) is 22.3 Å². The Labute approximate surface area is 177 Å². The number of rotatable bonds is 6. The van der Waals surface area contributed by atoms with Crippen LogP contribution in [0.2, 0.25) is 0 Å². The number of halogens is 2. The Morgan fingerprint density at radius 3 is 2.61 bits per heavy atom. The molecule has 1 saturated heterocycles. The summed E-state index contributed by atoms with van der Waals surface area (Å²) in [6.45, 7) is 2.65. The van der Waals surface area contributed by atoms with Crippen molar-refractivity contribution in [3.63, 3.8) is 0 Å². The minimum atomic E-state index is -1.37. The number of aryl methyl sites for hydroxylation is 1. The fourth-order valence-corrected chi connectivity index (χ4v) is 4.76. The summed E-state index contributed by atoms with van der Waals surface area (Å²) < 4.78 is 32.0. The fraction of sp³-hybridized carbons (Fsp3) is 0.545. The van der Waals surface area contributed by atoms with Crippen LogP contribution in [0.5, 0.6) is 0 Å². The van der Waals surface area contributed by atoms with Gasteiger partial charge in [0.2, 0.25) is 5.43 Å². The predicted octanol–water partition coefficient (Wildman–Crippen LogP) is 2.59. The molecular weight excluding hydrogens is 406 g/mol. The monoisotopic (exact) mass is 432 g/mol. The van der Waals surface area contributed by atoms with Gasteiger partial charge in [-0.1, -0.05) is 0 Å². The molecule has 3 aliphatic rings. The molecule has 2 heterocycles. The summed E-state index contributed by atoms with van der Waals surface area (Å²) in [6, 6.07) is 0.507. The number of anilines is 2.